The van der Waals surface area contributed by atoms with Crippen LogP contribution in [0, 0.1) is 13.8 Å². The van der Waals surface area contributed by atoms with Gasteiger partial charge in [-0.15, -0.1) is 10.2 Å². The highest BCUT2D eigenvalue weighted by atomic mass is 32.2. The number of nitrogens with one attached hydrogen (secondary N) is 1. The van der Waals surface area contributed by atoms with Crippen LogP contribution in [0.15, 0.2) is 51.9 Å². The third kappa shape index (κ3) is 8.18. The Kier molecular flexibility index (Phi) is 9.26. The molecule has 0 aliphatic carbocycles. The molecule has 0 aliphatic heterocycles. The van der Waals surface area contributed by atoms with Crippen LogP contribution < -0.4 is 14.9 Å². The Hall–Kier alpha value is -2.91. The van der Waals surface area contributed by atoms with Crippen molar-refractivity contribution in [3.8, 4) is 11.5 Å². The first-order chi connectivity index (χ1) is 15.9. The van der Waals surface area contributed by atoms with Gasteiger partial charge in [0.05, 0.1) is 12.0 Å². The maximum Gasteiger partial charge on any atom is 0.250 e. The molecule has 174 valence electrons. The second kappa shape index (κ2) is 12.4. The van der Waals surface area contributed by atoms with Gasteiger partial charge < -0.3 is 9.47 Å². The molecule has 2 aromatic carbocycles. The Balaban J connectivity index is 1.38. The average molecular weight is 485 g/mol. The Morgan fingerprint density at radius 2 is 1.88 bits per heavy atom. The van der Waals surface area contributed by atoms with Crippen LogP contribution in [0.3, 0.4) is 0 Å². The summed E-state index contributed by atoms with van der Waals surface area (Å²) in [5, 5.41) is 12.8. The highest BCUT2D eigenvalue weighted by Gasteiger charge is 2.08. The maximum atomic E-state index is 11.9. The molecule has 0 saturated heterocycles. The van der Waals surface area contributed by atoms with E-state index in [1.165, 1.54) is 34.2 Å². The van der Waals surface area contributed by atoms with Crippen molar-refractivity contribution < 1.29 is 14.3 Å². The standard InChI is InChI=1S/C24H28N4O3S2/c1-16(2)21-10-5-17(3)13-22(21)31-12-11-30-20-8-6-19(7-9-20)14-25-27-23(29)15-32-24-28-26-18(4)33-24/h5-10,13-14,16H,11-12,15H2,1-4H3,(H,27,29)/b25-14+. The summed E-state index contributed by atoms with van der Waals surface area (Å²) >= 11 is 2.80. The van der Waals surface area contributed by atoms with Gasteiger partial charge in [0.2, 0.25) is 0 Å². The van der Waals surface area contributed by atoms with E-state index < -0.39 is 0 Å². The number of carbonyl (C=O) groups excluding carboxylic acids is 1. The number of carbonyl (C=O) groups is 1. The number of aryl methyl sites for hydroxylation is 2. The van der Waals surface area contributed by atoms with Crippen molar-refractivity contribution in [2.75, 3.05) is 19.0 Å². The number of hydrogen-bond donors (Lipinski definition) is 1. The van der Waals surface area contributed by atoms with Crippen LogP contribution >= 0.6 is 23.1 Å². The average Bonchev–Trinajstić information content (AvgIpc) is 3.21. The predicted molar refractivity (Wildman–Crippen MR) is 134 cm³/mol. The molecule has 9 heteroatoms. The van der Waals surface area contributed by atoms with E-state index in [-0.39, 0.29) is 11.7 Å². The van der Waals surface area contributed by atoms with Crippen molar-refractivity contribution in [2.24, 2.45) is 5.10 Å². The van der Waals surface area contributed by atoms with E-state index in [9.17, 15) is 4.79 Å². The van der Waals surface area contributed by atoms with Crippen LogP contribution in [0.25, 0.3) is 0 Å². The number of rotatable bonds is 11. The topological polar surface area (TPSA) is 85.7 Å². The molecule has 0 fully saturated rings. The molecule has 0 spiro atoms. The number of nitrogens with zero attached hydrogens (tertiary/aromatic N) is 3. The number of hydrogen-bond acceptors (Lipinski definition) is 8. The zero-order valence-corrected chi connectivity index (χ0v) is 20.8. The van der Waals surface area contributed by atoms with Crippen LogP contribution in [-0.2, 0) is 4.79 Å². The van der Waals surface area contributed by atoms with E-state index in [0.29, 0.717) is 19.1 Å². The molecule has 0 aliphatic rings. The van der Waals surface area contributed by atoms with Crippen molar-refractivity contribution in [1.82, 2.24) is 15.6 Å². The van der Waals surface area contributed by atoms with Crippen LogP contribution in [0.1, 0.15) is 41.5 Å². The van der Waals surface area contributed by atoms with Crippen LogP contribution in [0.4, 0.5) is 0 Å². The maximum absolute atomic E-state index is 11.9. The molecule has 0 saturated carbocycles. The third-order valence-corrected chi connectivity index (χ3v) is 6.49. The number of benzene rings is 2. The summed E-state index contributed by atoms with van der Waals surface area (Å²) in [6.07, 6.45) is 1.59. The number of hydrazone groups is 1. The van der Waals surface area contributed by atoms with E-state index in [0.717, 1.165) is 26.4 Å². The lowest BCUT2D eigenvalue weighted by atomic mass is 10.0. The second-order valence-corrected chi connectivity index (χ2v) is 10.0. The van der Waals surface area contributed by atoms with E-state index in [2.05, 4.69) is 59.7 Å². The van der Waals surface area contributed by atoms with Crippen molar-refractivity contribution in [1.29, 1.82) is 0 Å². The van der Waals surface area contributed by atoms with E-state index in [1.807, 2.05) is 31.2 Å². The van der Waals surface area contributed by atoms with E-state index >= 15 is 0 Å². The normalized spacial score (nSPS) is 11.2. The molecule has 1 heterocycles. The molecule has 0 bridgehead atoms. The molecule has 33 heavy (non-hydrogen) atoms. The van der Waals surface area contributed by atoms with E-state index in [1.54, 1.807) is 6.21 Å². The molecular weight excluding hydrogens is 456 g/mol. The lowest BCUT2D eigenvalue weighted by Crippen LogP contribution is -2.19. The molecule has 0 unspecified atom stereocenters. The molecule has 3 aromatic rings. The minimum atomic E-state index is -0.196. The molecule has 3 rings (SSSR count). The summed E-state index contributed by atoms with van der Waals surface area (Å²) in [4.78, 5) is 11.9. The van der Waals surface area contributed by atoms with Gasteiger partial charge in [-0.2, -0.15) is 5.10 Å². The summed E-state index contributed by atoms with van der Waals surface area (Å²) in [5.41, 5.74) is 5.74. The predicted octanol–water partition coefficient (Wildman–Crippen LogP) is 4.98. The monoisotopic (exact) mass is 484 g/mol. The highest BCUT2D eigenvalue weighted by molar-refractivity contribution is 8.01. The smallest absolute Gasteiger partial charge is 0.250 e. The van der Waals surface area contributed by atoms with E-state index in [4.69, 9.17) is 9.47 Å². The van der Waals surface area contributed by atoms with Crippen molar-refractivity contribution in [3.63, 3.8) is 0 Å². The molecule has 1 aromatic heterocycles. The van der Waals surface area contributed by atoms with Gasteiger partial charge in [-0.05, 0) is 66.8 Å². The van der Waals surface area contributed by atoms with Gasteiger partial charge in [-0.3, -0.25) is 4.79 Å². The Bertz CT molecular complexity index is 1080. The van der Waals surface area contributed by atoms with Gasteiger partial charge in [0.1, 0.15) is 29.7 Å². The lowest BCUT2D eigenvalue weighted by Gasteiger charge is -2.15. The molecule has 1 amide bonds. The van der Waals surface area contributed by atoms with Gasteiger partial charge in [0.15, 0.2) is 4.34 Å². The fraction of sp³-hybridized carbons (Fsp3) is 0.333. The Morgan fingerprint density at radius 1 is 1.12 bits per heavy atom. The summed E-state index contributed by atoms with van der Waals surface area (Å²) in [6, 6.07) is 13.8. The van der Waals surface area contributed by atoms with Gasteiger partial charge in [0, 0.05) is 0 Å². The SMILES string of the molecule is Cc1ccc(C(C)C)c(OCCOc2ccc(/C=N/NC(=O)CSc3nnc(C)s3)cc2)c1. The zero-order valence-electron chi connectivity index (χ0n) is 19.2. The van der Waals surface area contributed by atoms with Crippen LogP contribution in [0.2, 0.25) is 0 Å². The highest BCUT2D eigenvalue weighted by Crippen LogP contribution is 2.27. The van der Waals surface area contributed by atoms with Crippen LogP contribution in [-0.4, -0.2) is 41.3 Å². The summed E-state index contributed by atoms with van der Waals surface area (Å²) in [7, 11) is 0. The number of aromatic nitrogens is 2. The van der Waals surface area contributed by atoms with Gasteiger partial charge in [-0.25, -0.2) is 5.43 Å². The second-order valence-electron chi connectivity index (χ2n) is 7.63. The number of amides is 1. The lowest BCUT2D eigenvalue weighted by molar-refractivity contribution is -0.118. The van der Waals surface area contributed by atoms with Crippen molar-refractivity contribution in [3.05, 3.63) is 64.2 Å². The molecule has 7 nitrogen and oxygen atoms in total. The largest absolute Gasteiger partial charge is 0.490 e. The first kappa shape index (κ1) is 24.7. The fourth-order valence-corrected chi connectivity index (χ4v) is 4.49. The molecule has 1 N–H and O–H groups in total. The summed E-state index contributed by atoms with van der Waals surface area (Å²) < 4.78 is 12.5. The van der Waals surface area contributed by atoms with Gasteiger partial charge in [0.25, 0.3) is 5.91 Å². The Morgan fingerprint density at radius 3 is 2.58 bits per heavy atom. The van der Waals surface area contributed by atoms with Gasteiger partial charge >= 0.3 is 0 Å². The quantitative estimate of drug-likeness (QED) is 0.179. The van der Waals surface area contributed by atoms with Crippen molar-refractivity contribution >= 4 is 35.2 Å². The fourth-order valence-electron chi connectivity index (χ4n) is 2.88. The third-order valence-electron chi connectivity index (χ3n) is 4.52. The first-order valence-corrected chi connectivity index (χ1v) is 12.4. The minimum absolute atomic E-state index is 0.196. The molecule has 0 atom stereocenters. The van der Waals surface area contributed by atoms with Crippen LogP contribution in [0.5, 0.6) is 11.5 Å². The summed E-state index contributed by atoms with van der Waals surface area (Å²) in [5.74, 6) is 2.11. The number of ether oxygens (including phenoxy) is 2. The first-order valence-electron chi connectivity index (χ1n) is 10.6. The summed E-state index contributed by atoms with van der Waals surface area (Å²) in [6.45, 7) is 9.16. The van der Waals surface area contributed by atoms with Crippen molar-refractivity contribution in [2.45, 2.75) is 38.0 Å². The van der Waals surface area contributed by atoms with Gasteiger partial charge in [-0.1, -0.05) is 49.1 Å². The number of thioether (sulfide) groups is 1. The molecule has 0 radical (unpaired) electrons. The minimum Gasteiger partial charge on any atom is -0.490 e. The zero-order chi connectivity index (χ0) is 23.6. The molecular formula is C24H28N4O3S2. The Labute approximate surface area is 202 Å².